The van der Waals surface area contributed by atoms with Crippen molar-refractivity contribution in [3.63, 3.8) is 0 Å². The summed E-state index contributed by atoms with van der Waals surface area (Å²) in [6.07, 6.45) is 5.40. The molecular formula is C18H25NO2. The first-order valence-electron chi connectivity index (χ1n) is 8.15. The summed E-state index contributed by atoms with van der Waals surface area (Å²) < 4.78 is 5.60. The molecular weight excluding hydrogens is 262 g/mol. The molecule has 3 rings (SSSR count). The van der Waals surface area contributed by atoms with Crippen LogP contribution in [0.1, 0.15) is 37.3 Å². The highest BCUT2D eigenvalue weighted by atomic mass is 16.5. The highest BCUT2D eigenvalue weighted by Crippen LogP contribution is 2.40. The van der Waals surface area contributed by atoms with Crippen LogP contribution in [0, 0.1) is 11.3 Å². The minimum atomic E-state index is 0.117. The van der Waals surface area contributed by atoms with Gasteiger partial charge in [-0.1, -0.05) is 30.7 Å². The third kappa shape index (κ3) is 3.13. The zero-order valence-electron chi connectivity index (χ0n) is 12.9. The van der Waals surface area contributed by atoms with E-state index < -0.39 is 0 Å². The Morgan fingerprint density at radius 2 is 1.95 bits per heavy atom. The maximum Gasteiger partial charge on any atom is 0.223 e. The average molecular weight is 287 g/mol. The standard InChI is InChI=1S/C18H25NO2/c1-2-21-13-18(8-5-9-18)12-19-17(20)16-10-14-6-3-4-7-15(14)11-16/h3-4,6-7,16H,2,5,8-13H2,1H3,(H,19,20). The van der Waals surface area contributed by atoms with Gasteiger partial charge >= 0.3 is 0 Å². The fourth-order valence-electron chi connectivity index (χ4n) is 3.53. The molecule has 1 aromatic carbocycles. The zero-order chi connectivity index (χ0) is 14.7. The number of ether oxygens (including phenoxy) is 1. The Labute approximate surface area is 127 Å². The first kappa shape index (κ1) is 14.6. The maximum atomic E-state index is 12.4. The number of benzene rings is 1. The van der Waals surface area contributed by atoms with Crippen LogP contribution in [0.4, 0.5) is 0 Å². The van der Waals surface area contributed by atoms with Gasteiger partial charge in [-0.3, -0.25) is 4.79 Å². The molecule has 114 valence electrons. The van der Waals surface area contributed by atoms with Crippen molar-refractivity contribution in [3.8, 4) is 0 Å². The van der Waals surface area contributed by atoms with Crippen molar-refractivity contribution in [3.05, 3.63) is 35.4 Å². The number of fused-ring (bicyclic) bond motifs is 1. The number of carbonyl (C=O) groups is 1. The van der Waals surface area contributed by atoms with Gasteiger partial charge in [0.15, 0.2) is 0 Å². The molecule has 0 unspecified atom stereocenters. The maximum absolute atomic E-state index is 12.4. The molecule has 1 fully saturated rings. The Balaban J connectivity index is 1.51. The molecule has 0 aliphatic heterocycles. The Morgan fingerprint density at radius 1 is 1.29 bits per heavy atom. The molecule has 2 aliphatic carbocycles. The number of nitrogens with one attached hydrogen (secondary N) is 1. The van der Waals surface area contributed by atoms with Crippen LogP contribution in [-0.4, -0.2) is 25.7 Å². The first-order chi connectivity index (χ1) is 10.2. The molecule has 0 atom stereocenters. The molecule has 1 saturated carbocycles. The van der Waals surface area contributed by atoms with Gasteiger partial charge in [0, 0.05) is 24.5 Å². The normalized spacial score (nSPS) is 19.9. The van der Waals surface area contributed by atoms with Gasteiger partial charge in [-0.15, -0.1) is 0 Å². The minimum absolute atomic E-state index is 0.117. The molecule has 1 aromatic rings. The summed E-state index contributed by atoms with van der Waals surface area (Å²) in [4.78, 5) is 12.4. The highest BCUT2D eigenvalue weighted by Gasteiger charge is 2.38. The Bertz CT molecular complexity index is 483. The lowest BCUT2D eigenvalue weighted by Gasteiger charge is -2.41. The Hall–Kier alpha value is -1.35. The highest BCUT2D eigenvalue weighted by molar-refractivity contribution is 5.80. The van der Waals surface area contributed by atoms with Crippen LogP contribution in [0.25, 0.3) is 0 Å². The van der Waals surface area contributed by atoms with E-state index in [1.165, 1.54) is 30.4 Å². The summed E-state index contributed by atoms with van der Waals surface area (Å²) in [5, 5.41) is 3.19. The van der Waals surface area contributed by atoms with E-state index in [0.717, 1.165) is 32.6 Å². The van der Waals surface area contributed by atoms with E-state index in [4.69, 9.17) is 4.74 Å². The molecule has 0 heterocycles. The fraction of sp³-hybridized carbons (Fsp3) is 0.611. The zero-order valence-corrected chi connectivity index (χ0v) is 12.9. The predicted octanol–water partition coefficient (Wildman–Crippen LogP) is 2.72. The van der Waals surface area contributed by atoms with Crippen LogP contribution in [0.3, 0.4) is 0 Å². The third-order valence-electron chi connectivity index (χ3n) is 5.09. The van der Waals surface area contributed by atoms with Crippen molar-refractivity contribution in [1.82, 2.24) is 5.32 Å². The number of carbonyl (C=O) groups excluding carboxylic acids is 1. The van der Waals surface area contributed by atoms with E-state index in [1.807, 2.05) is 6.92 Å². The van der Waals surface area contributed by atoms with Crippen LogP contribution in [0.5, 0.6) is 0 Å². The summed E-state index contributed by atoms with van der Waals surface area (Å²) in [5.41, 5.74) is 2.88. The van der Waals surface area contributed by atoms with Crippen LogP contribution in [0.15, 0.2) is 24.3 Å². The van der Waals surface area contributed by atoms with Gasteiger partial charge in [-0.25, -0.2) is 0 Å². The van der Waals surface area contributed by atoms with Gasteiger partial charge in [-0.05, 0) is 43.7 Å². The predicted molar refractivity (Wildman–Crippen MR) is 83.1 cm³/mol. The summed E-state index contributed by atoms with van der Waals surface area (Å²) in [6, 6.07) is 8.41. The lowest BCUT2D eigenvalue weighted by molar-refractivity contribution is -0.126. The van der Waals surface area contributed by atoms with Gasteiger partial charge in [-0.2, -0.15) is 0 Å². The lowest BCUT2D eigenvalue weighted by atomic mass is 9.69. The Kier molecular flexibility index (Phi) is 4.29. The van der Waals surface area contributed by atoms with Gasteiger partial charge in [0.1, 0.15) is 0 Å². The van der Waals surface area contributed by atoms with Gasteiger partial charge in [0.2, 0.25) is 5.91 Å². The summed E-state index contributed by atoms with van der Waals surface area (Å²) in [5.74, 6) is 0.334. The fourth-order valence-corrected chi connectivity index (χ4v) is 3.53. The van der Waals surface area contributed by atoms with E-state index in [2.05, 4.69) is 29.6 Å². The van der Waals surface area contributed by atoms with Crippen molar-refractivity contribution in [2.24, 2.45) is 11.3 Å². The van der Waals surface area contributed by atoms with Gasteiger partial charge in [0.25, 0.3) is 0 Å². The van der Waals surface area contributed by atoms with Crippen LogP contribution < -0.4 is 5.32 Å². The molecule has 2 aliphatic rings. The molecule has 21 heavy (non-hydrogen) atoms. The second-order valence-corrected chi connectivity index (χ2v) is 6.58. The number of amides is 1. The molecule has 0 radical (unpaired) electrons. The topological polar surface area (TPSA) is 38.3 Å². The number of hydrogen-bond donors (Lipinski definition) is 1. The Morgan fingerprint density at radius 3 is 2.48 bits per heavy atom. The quantitative estimate of drug-likeness (QED) is 0.873. The SMILES string of the molecule is CCOCC1(CNC(=O)C2Cc3ccccc3C2)CCC1. The van der Waals surface area contributed by atoms with Crippen molar-refractivity contribution >= 4 is 5.91 Å². The van der Waals surface area contributed by atoms with Crippen LogP contribution in [-0.2, 0) is 22.4 Å². The monoisotopic (exact) mass is 287 g/mol. The van der Waals surface area contributed by atoms with Crippen LogP contribution in [0.2, 0.25) is 0 Å². The smallest absolute Gasteiger partial charge is 0.223 e. The van der Waals surface area contributed by atoms with Crippen molar-refractivity contribution in [1.29, 1.82) is 0 Å². The molecule has 0 saturated heterocycles. The van der Waals surface area contributed by atoms with E-state index in [9.17, 15) is 4.79 Å². The summed E-state index contributed by atoms with van der Waals surface area (Å²) in [7, 11) is 0. The van der Waals surface area contributed by atoms with Crippen molar-refractivity contribution in [2.75, 3.05) is 19.8 Å². The first-order valence-corrected chi connectivity index (χ1v) is 8.15. The lowest BCUT2D eigenvalue weighted by Crippen LogP contribution is -2.46. The van der Waals surface area contributed by atoms with Gasteiger partial charge in [0.05, 0.1) is 6.61 Å². The number of hydrogen-bond acceptors (Lipinski definition) is 2. The van der Waals surface area contributed by atoms with E-state index in [0.29, 0.717) is 0 Å². The van der Waals surface area contributed by atoms with Crippen molar-refractivity contribution in [2.45, 2.75) is 39.0 Å². The van der Waals surface area contributed by atoms with Crippen molar-refractivity contribution < 1.29 is 9.53 Å². The molecule has 0 spiro atoms. The van der Waals surface area contributed by atoms with E-state index in [-0.39, 0.29) is 17.2 Å². The molecule has 0 bridgehead atoms. The van der Waals surface area contributed by atoms with E-state index >= 15 is 0 Å². The number of rotatable bonds is 6. The minimum Gasteiger partial charge on any atom is -0.381 e. The molecule has 1 N–H and O–H groups in total. The second kappa shape index (κ2) is 6.18. The third-order valence-corrected chi connectivity index (χ3v) is 5.09. The molecule has 0 aromatic heterocycles. The largest absolute Gasteiger partial charge is 0.381 e. The van der Waals surface area contributed by atoms with Gasteiger partial charge < -0.3 is 10.1 Å². The molecule has 3 nitrogen and oxygen atoms in total. The molecule has 3 heteroatoms. The summed E-state index contributed by atoms with van der Waals surface area (Å²) in [6.45, 7) is 4.35. The average Bonchev–Trinajstić information content (AvgIpc) is 2.89. The van der Waals surface area contributed by atoms with Crippen LogP contribution >= 0.6 is 0 Å². The second-order valence-electron chi connectivity index (χ2n) is 6.58. The molecule has 1 amide bonds. The summed E-state index contributed by atoms with van der Waals surface area (Å²) >= 11 is 0. The van der Waals surface area contributed by atoms with E-state index in [1.54, 1.807) is 0 Å².